The van der Waals surface area contributed by atoms with Crippen molar-refractivity contribution in [3.63, 3.8) is 0 Å². The lowest BCUT2D eigenvalue weighted by molar-refractivity contribution is -0.132. The van der Waals surface area contributed by atoms with E-state index in [0.29, 0.717) is 12.1 Å². The maximum absolute atomic E-state index is 12.0. The maximum Gasteiger partial charge on any atom is 0.390 e. The number of guanidine groups is 1. The van der Waals surface area contributed by atoms with E-state index in [9.17, 15) is 13.2 Å². The van der Waals surface area contributed by atoms with Gasteiger partial charge in [-0.05, 0) is 17.7 Å². The summed E-state index contributed by atoms with van der Waals surface area (Å²) in [6.45, 7) is 0.141. The number of nitriles is 1. The Balaban J connectivity index is 2.44. The first-order chi connectivity index (χ1) is 9.44. The van der Waals surface area contributed by atoms with Crippen LogP contribution in [0.15, 0.2) is 29.3 Å². The molecule has 0 amide bonds. The van der Waals surface area contributed by atoms with Crippen LogP contribution in [0.25, 0.3) is 0 Å². The van der Waals surface area contributed by atoms with Crippen LogP contribution in [0.4, 0.5) is 13.2 Å². The van der Waals surface area contributed by atoms with Crippen molar-refractivity contribution in [2.24, 2.45) is 4.99 Å². The van der Waals surface area contributed by atoms with E-state index in [2.05, 4.69) is 15.6 Å². The minimum atomic E-state index is -4.19. The highest BCUT2D eigenvalue weighted by atomic mass is 19.4. The molecule has 2 N–H and O–H groups in total. The molecule has 20 heavy (non-hydrogen) atoms. The summed E-state index contributed by atoms with van der Waals surface area (Å²) in [6.07, 6.45) is -5.11. The van der Waals surface area contributed by atoms with Gasteiger partial charge in [-0.25, -0.2) is 0 Å². The fourth-order valence-corrected chi connectivity index (χ4v) is 1.48. The van der Waals surface area contributed by atoms with E-state index in [0.717, 1.165) is 5.56 Å². The molecule has 1 rings (SSSR count). The lowest BCUT2D eigenvalue weighted by Gasteiger charge is -2.13. The maximum atomic E-state index is 12.0. The van der Waals surface area contributed by atoms with Crippen molar-refractivity contribution < 1.29 is 13.2 Å². The Morgan fingerprint density at radius 3 is 2.70 bits per heavy atom. The van der Waals surface area contributed by atoms with Gasteiger partial charge in [0.25, 0.3) is 0 Å². The highest BCUT2D eigenvalue weighted by molar-refractivity contribution is 5.79. The average Bonchev–Trinajstić information content (AvgIpc) is 2.41. The van der Waals surface area contributed by atoms with Crippen LogP contribution >= 0.6 is 0 Å². The smallest absolute Gasteiger partial charge is 0.356 e. The van der Waals surface area contributed by atoms with Crippen molar-refractivity contribution >= 4 is 5.96 Å². The Hall–Kier alpha value is -2.23. The van der Waals surface area contributed by atoms with Crippen LogP contribution in [0.2, 0.25) is 0 Å². The van der Waals surface area contributed by atoms with Gasteiger partial charge in [-0.15, -0.1) is 0 Å². The van der Waals surface area contributed by atoms with Crippen LogP contribution in [0, 0.1) is 11.3 Å². The standard InChI is InChI=1S/C13H15F3N4/c1-18-12(19-6-5-13(14,15)16)20-9-11-4-2-3-10(7-11)8-17/h2-4,7H,5-6,9H2,1H3,(H2,18,19,20). The van der Waals surface area contributed by atoms with E-state index in [1.54, 1.807) is 18.2 Å². The summed E-state index contributed by atoms with van der Waals surface area (Å²) in [5.74, 6) is 0.289. The zero-order valence-corrected chi connectivity index (χ0v) is 11.0. The molecule has 0 unspecified atom stereocenters. The predicted molar refractivity (Wildman–Crippen MR) is 70.0 cm³/mol. The normalized spacial score (nSPS) is 11.8. The van der Waals surface area contributed by atoms with Crippen LogP contribution in [-0.4, -0.2) is 25.7 Å². The Kier molecular flexibility index (Phi) is 5.84. The summed E-state index contributed by atoms with van der Waals surface area (Å²) in [7, 11) is 1.48. The minimum Gasteiger partial charge on any atom is -0.356 e. The number of nitrogens with zero attached hydrogens (tertiary/aromatic N) is 2. The molecular weight excluding hydrogens is 269 g/mol. The van der Waals surface area contributed by atoms with Gasteiger partial charge in [-0.1, -0.05) is 12.1 Å². The highest BCUT2D eigenvalue weighted by Gasteiger charge is 2.26. The van der Waals surface area contributed by atoms with Gasteiger partial charge in [-0.2, -0.15) is 18.4 Å². The van der Waals surface area contributed by atoms with Gasteiger partial charge in [0.1, 0.15) is 0 Å². The van der Waals surface area contributed by atoms with Crippen molar-refractivity contribution in [2.75, 3.05) is 13.6 Å². The Morgan fingerprint density at radius 2 is 2.10 bits per heavy atom. The van der Waals surface area contributed by atoms with E-state index in [1.165, 1.54) is 7.05 Å². The second-order valence-corrected chi connectivity index (χ2v) is 4.03. The van der Waals surface area contributed by atoms with E-state index in [4.69, 9.17) is 5.26 Å². The van der Waals surface area contributed by atoms with Crippen LogP contribution in [0.1, 0.15) is 17.5 Å². The topological polar surface area (TPSA) is 60.2 Å². The molecule has 0 heterocycles. The summed E-state index contributed by atoms with van der Waals surface area (Å²) in [4.78, 5) is 3.83. The van der Waals surface area contributed by atoms with Gasteiger partial charge in [0.2, 0.25) is 0 Å². The molecule has 1 aromatic rings. The quantitative estimate of drug-likeness (QED) is 0.658. The van der Waals surface area contributed by atoms with Gasteiger partial charge in [-0.3, -0.25) is 4.99 Å². The van der Waals surface area contributed by atoms with Crippen molar-refractivity contribution in [1.82, 2.24) is 10.6 Å². The fourth-order valence-electron chi connectivity index (χ4n) is 1.48. The Bertz CT molecular complexity index is 503. The van der Waals surface area contributed by atoms with E-state index >= 15 is 0 Å². The molecule has 0 aliphatic rings. The first-order valence-electron chi connectivity index (χ1n) is 5.95. The van der Waals surface area contributed by atoms with E-state index < -0.39 is 12.6 Å². The largest absolute Gasteiger partial charge is 0.390 e. The van der Waals surface area contributed by atoms with Crippen molar-refractivity contribution in [3.8, 4) is 6.07 Å². The molecule has 0 fully saturated rings. The summed E-state index contributed by atoms with van der Waals surface area (Å²) in [5, 5.41) is 14.2. The monoisotopic (exact) mass is 284 g/mol. The Morgan fingerprint density at radius 1 is 1.35 bits per heavy atom. The average molecular weight is 284 g/mol. The number of rotatable bonds is 4. The van der Waals surface area contributed by atoms with Gasteiger partial charge in [0.15, 0.2) is 5.96 Å². The van der Waals surface area contributed by atoms with Gasteiger partial charge >= 0.3 is 6.18 Å². The molecule has 0 spiro atoms. The third kappa shape index (κ3) is 6.09. The second-order valence-electron chi connectivity index (χ2n) is 4.03. The number of nitrogens with one attached hydrogen (secondary N) is 2. The van der Waals surface area contributed by atoms with Gasteiger partial charge in [0.05, 0.1) is 18.1 Å². The highest BCUT2D eigenvalue weighted by Crippen LogP contribution is 2.18. The molecule has 0 aliphatic heterocycles. The molecule has 1 aromatic carbocycles. The molecule has 108 valence electrons. The zero-order valence-electron chi connectivity index (χ0n) is 11.0. The number of alkyl halides is 3. The van der Waals surface area contributed by atoms with Crippen molar-refractivity contribution in [2.45, 2.75) is 19.1 Å². The predicted octanol–water partition coefficient (Wildman–Crippen LogP) is 2.18. The van der Waals surface area contributed by atoms with Crippen LogP contribution in [-0.2, 0) is 6.54 Å². The molecule has 0 bridgehead atoms. The second kappa shape index (κ2) is 7.38. The zero-order chi connectivity index (χ0) is 15.0. The lowest BCUT2D eigenvalue weighted by atomic mass is 10.1. The third-order valence-electron chi connectivity index (χ3n) is 2.44. The number of hydrogen-bond donors (Lipinski definition) is 2. The van der Waals surface area contributed by atoms with Crippen LogP contribution in [0.5, 0.6) is 0 Å². The molecule has 0 saturated carbocycles. The molecular formula is C13H15F3N4. The Labute approximate surface area is 115 Å². The van der Waals surface area contributed by atoms with E-state index in [1.807, 2.05) is 12.1 Å². The molecule has 0 saturated heterocycles. The summed E-state index contributed by atoms with van der Waals surface area (Å²) < 4.78 is 36.0. The number of halogens is 3. The number of benzene rings is 1. The fraction of sp³-hybridized carbons (Fsp3) is 0.385. The van der Waals surface area contributed by atoms with Crippen molar-refractivity contribution in [1.29, 1.82) is 5.26 Å². The first kappa shape index (κ1) is 15.8. The van der Waals surface area contributed by atoms with Crippen molar-refractivity contribution in [3.05, 3.63) is 35.4 Å². The van der Waals surface area contributed by atoms with Gasteiger partial charge in [0, 0.05) is 20.1 Å². The third-order valence-corrected chi connectivity index (χ3v) is 2.44. The SMILES string of the molecule is CN=C(NCCC(F)(F)F)NCc1cccc(C#N)c1. The molecule has 7 heteroatoms. The molecule has 0 atom stereocenters. The first-order valence-corrected chi connectivity index (χ1v) is 5.95. The molecule has 0 aromatic heterocycles. The number of aliphatic imine (C=N–C) groups is 1. The molecule has 0 aliphatic carbocycles. The number of hydrogen-bond acceptors (Lipinski definition) is 2. The summed E-state index contributed by atoms with van der Waals surface area (Å²) in [5.41, 5.74) is 1.38. The van der Waals surface area contributed by atoms with E-state index in [-0.39, 0.29) is 12.5 Å². The molecule has 4 nitrogen and oxygen atoms in total. The lowest BCUT2D eigenvalue weighted by Crippen LogP contribution is -2.38. The van der Waals surface area contributed by atoms with Gasteiger partial charge < -0.3 is 10.6 Å². The summed E-state index contributed by atoms with van der Waals surface area (Å²) >= 11 is 0. The summed E-state index contributed by atoms with van der Waals surface area (Å²) in [6, 6.07) is 8.97. The molecule has 0 radical (unpaired) electrons. The van der Waals surface area contributed by atoms with Crippen LogP contribution < -0.4 is 10.6 Å². The minimum absolute atomic E-state index is 0.235. The van der Waals surface area contributed by atoms with Crippen LogP contribution in [0.3, 0.4) is 0 Å².